The summed E-state index contributed by atoms with van der Waals surface area (Å²) in [5, 5.41) is 0. The molecular weight excluding hydrogens is 290 g/mol. The maximum absolute atomic E-state index is 6.22. The van der Waals surface area contributed by atoms with Crippen LogP contribution in [0.2, 0.25) is 0 Å². The number of nitrogens with zero attached hydrogens (tertiary/aromatic N) is 1. The van der Waals surface area contributed by atoms with Crippen molar-refractivity contribution >= 4 is 28.7 Å². The Balaban J connectivity index is 2.29. The molecule has 0 fully saturated rings. The molecule has 2 heteroatoms. The van der Waals surface area contributed by atoms with Crippen molar-refractivity contribution in [1.29, 1.82) is 0 Å². The molecular formula is C20H19ClN+. The maximum Gasteiger partial charge on any atom is 0.143 e. The summed E-state index contributed by atoms with van der Waals surface area (Å²) in [6.45, 7) is 0.805. The van der Waals surface area contributed by atoms with Crippen LogP contribution in [0.3, 0.4) is 0 Å². The fourth-order valence-corrected chi connectivity index (χ4v) is 3.26. The van der Waals surface area contributed by atoms with E-state index >= 15 is 0 Å². The molecule has 0 radical (unpaired) electrons. The molecule has 3 aromatic carbocycles. The summed E-state index contributed by atoms with van der Waals surface area (Å²) >= 11 is 6.22. The molecule has 3 aromatic rings. The molecule has 0 bridgehead atoms. The minimum absolute atomic E-state index is 0.582. The summed E-state index contributed by atoms with van der Waals surface area (Å²) < 4.78 is 0.631. The van der Waals surface area contributed by atoms with E-state index in [0.717, 1.165) is 6.54 Å². The van der Waals surface area contributed by atoms with E-state index in [-0.39, 0.29) is 0 Å². The summed E-state index contributed by atoms with van der Waals surface area (Å²) in [6, 6.07) is 31.7. The van der Waals surface area contributed by atoms with E-state index in [9.17, 15) is 0 Å². The Hall–Kier alpha value is -2.09. The maximum atomic E-state index is 6.22. The van der Waals surface area contributed by atoms with E-state index in [2.05, 4.69) is 91.0 Å². The lowest BCUT2D eigenvalue weighted by Crippen LogP contribution is -2.40. The van der Waals surface area contributed by atoms with E-state index in [1.165, 1.54) is 17.1 Å². The van der Waals surface area contributed by atoms with Crippen molar-refractivity contribution in [2.24, 2.45) is 0 Å². The van der Waals surface area contributed by atoms with Crippen molar-refractivity contribution in [3.63, 3.8) is 0 Å². The molecule has 0 unspecified atom stereocenters. The van der Waals surface area contributed by atoms with Gasteiger partial charge in [-0.15, -0.1) is 11.6 Å². The number of hydrogen-bond donors (Lipinski definition) is 0. The summed E-state index contributed by atoms with van der Waals surface area (Å²) in [7, 11) is 0. The van der Waals surface area contributed by atoms with E-state index in [1.807, 2.05) is 0 Å². The molecule has 0 N–H and O–H groups in total. The Kier molecular flexibility index (Phi) is 4.57. The van der Waals surface area contributed by atoms with E-state index in [1.54, 1.807) is 0 Å². The highest BCUT2D eigenvalue weighted by Gasteiger charge is 2.35. The lowest BCUT2D eigenvalue weighted by molar-refractivity contribution is 0.548. The van der Waals surface area contributed by atoms with Crippen LogP contribution >= 0.6 is 11.6 Å². The summed E-state index contributed by atoms with van der Waals surface area (Å²) in [6.07, 6.45) is 0. The van der Waals surface area contributed by atoms with Gasteiger partial charge in [0.05, 0.1) is 5.88 Å². The third-order valence-corrected chi connectivity index (χ3v) is 4.18. The SMILES string of the molecule is ClCC[N+](c1ccccc1)(c1ccccc1)c1ccccc1. The van der Waals surface area contributed by atoms with E-state index in [4.69, 9.17) is 11.6 Å². The number of halogens is 1. The lowest BCUT2D eigenvalue weighted by atomic mass is 10.1. The van der Waals surface area contributed by atoms with Crippen LogP contribution in [0.25, 0.3) is 0 Å². The van der Waals surface area contributed by atoms with Crippen LogP contribution in [-0.2, 0) is 0 Å². The predicted molar refractivity (Wildman–Crippen MR) is 96.0 cm³/mol. The smallest absolute Gasteiger partial charge is 0.143 e. The van der Waals surface area contributed by atoms with Crippen LogP contribution in [0.15, 0.2) is 91.0 Å². The van der Waals surface area contributed by atoms with Gasteiger partial charge in [-0.3, -0.25) is 0 Å². The first-order valence-corrected chi connectivity index (χ1v) is 8.02. The van der Waals surface area contributed by atoms with Gasteiger partial charge in [-0.05, 0) is 36.4 Å². The second-order valence-electron chi connectivity index (χ2n) is 5.23. The van der Waals surface area contributed by atoms with E-state index in [0.29, 0.717) is 10.4 Å². The number of quaternary nitrogens is 1. The first-order valence-electron chi connectivity index (χ1n) is 7.49. The largest absolute Gasteiger partial charge is 0.226 e. The van der Waals surface area contributed by atoms with Crippen molar-refractivity contribution in [2.75, 3.05) is 12.4 Å². The van der Waals surface area contributed by atoms with Crippen molar-refractivity contribution in [1.82, 2.24) is 4.48 Å². The van der Waals surface area contributed by atoms with Crippen LogP contribution in [0.4, 0.5) is 17.1 Å². The normalized spacial score (nSPS) is 11.3. The van der Waals surface area contributed by atoms with Gasteiger partial charge in [0.2, 0.25) is 0 Å². The molecule has 0 aromatic heterocycles. The zero-order chi connectivity index (χ0) is 15.3. The Bertz CT molecular complexity index is 599. The van der Waals surface area contributed by atoms with Crippen LogP contribution in [-0.4, -0.2) is 12.4 Å². The van der Waals surface area contributed by atoms with Gasteiger partial charge < -0.3 is 0 Å². The average molecular weight is 309 g/mol. The van der Waals surface area contributed by atoms with Crippen molar-refractivity contribution in [2.45, 2.75) is 0 Å². The minimum atomic E-state index is 0.582. The molecule has 0 atom stereocenters. The third kappa shape index (κ3) is 2.66. The third-order valence-electron chi connectivity index (χ3n) is 4.01. The Morgan fingerprint density at radius 2 is 0.864 bits per heavy atom. The zero-order valence-corrected chi connectivity index (χ0v) is 13.2. The highest BCUT2D eigenvalue weighted by atomic mass is 35.5. The Morgan fingerprint density at radius 3 is 1.14 bits per heavy atom. The second kappa shape index (κ2) is 6.78. The summed E-state index contributed by atoms with van der Waals surface area (Å²) in [5.41, 5.74) is 3.67. The van der Waals surface area contributed by atoms with Gasteiger partial charge >= 0.3 is 0 Å². The van der Waals surface area contributed by atoms with Gasteiger partial charge in [-0.25, -0.2) is 4.48 Å². The van der Waals surface area contributed by atoms with Crippen molar-refractivity contribution in [3.05, 3.63) is 91.0 Å². The van der Waals surface area contributed by atoms with Gasteiger partial charge in [0.15, 0.2) is 0 Å². The number of rotatable bonds is 5. The molecule has 3 rings (SSSR count). The molecule has 0 heterocycles. The molecule has 0 saturated heterocycles. The monoisotopic (exact) mass is 308 g/mol. The predicted octanol–water partition coefficient (Wildman–Crippen LogP) is 5.90. The van der Waals surface area contributed by atoms with Crippen molar-refractivity contribution in [3.8, 4) is 0 Å². The Morgan fingerprint density at radius 1 is 0.545 bits per heavy atom. The standard InChI is InChI=1S/C20H19ClN/c21-16-17-22(18-10-4-1-5-11-18,19-12-6-2-7-13-19)20-14-8-3-9-15-20/h1-15H,16-17H2/q+1. The molecule has 0 saturated carbocycles. The number of para-hydroxylation sites is 3. The number of hydrogen-bond acceptors (Lipinski definition) is 0. The van der Waals surface area contributed by atoms with Crippen molar-refractivity contribution < 1.29 is 0 Å². The highest BCUT2D eigenvalue weighted by molar-refractivity contribution is 6.18. The van der Waals surface area contributed by atoms with Gasteiger partial charge in [-0.1, -0.05) is 54.6 Å². The molecule has 0 spiro atoms. The molecule has 0 amide bonds. The number of benzene rings is 3. The fraction of sp³-hybridized carbons (Fsp3) is 0.100. The van der Waals surface area contributed by atoms with Crippen LogP contribution < -0.4 is 4.48 Å². The molecule has 0 aliphatic rings. The average Bonchev–Trinajstić information content (AvgIpc) is 2.62. The van der Waals surface area contributed by atoms with Gasteiger partial charge in [0.25, 0.3) is 0 Å². The Labute approximate surface area is 137 Å². The van der Waals surface area contributed by atoms with Crippen LogP contribution in [0, 0.1) is 0 Å². The first kappa shape index (κ1) is 14.8. The van der Waals surface area contributed by atoms with E-state index < -0.39 is 0 Å². The molecule has 1 nitrogen and oxygen atoms in total. The van der Waals surface area contributed by atoms with Crippen LogP contribution in [0.5, 0.6) is 0 Å². The minimum Gasteiger partial charge on any atom is -0.226 e. The first-order chi connectivity index (χ1) is 10.9. The second-order valence-corrected chi connectivity index (χ2v) is 5.61. The highest BCUT2D eigenvalue weighted by Crippen LogP contribution is 2.43. The summed E-state index contributed by atoms with van der Waals surface area (Å²) in [4.78, 5) is 0. The van der Waals surface area contributed by atoms with Gasteiger partial charge in [0.1, 0.15) is 23.6 Å². The fourth-order valence-electron chi connectivity index (χ4n) is 3.01. The molecule has 22 heavy (non-hydrogen) atoms. The molecule has 0 aliphatic carbocycles. The zero-order valence-electron chi connectivity index (χ0n) is 12.4. The van der Waals surface area contributed by atoms with Gasteiger partial charge in [-0.2, -0.15) is 0 Å². The summed E-state index contributed by atoms with van der Waals surface area (Å²) in [5.74, 6) is 0.582. The number of alkyl halides is 1. The van der Waals surface area contributed by atoms with Gasteiger partial charge in [0, 0.05) is 0 Å². The molecule has 0 aliphatic heterocycles. The lowest BCUT2D eigenvalue weighted by Gasteiger charge is -2.37. The topological polar surface area (TPSA) is 0 Å². The van der Waals surface area contributed by atoms with Crippen LogP contribution in [0.1, 0.15) is 0 Å². The quantitative estimate of drug-likeness (QED) is 0.407. The molecule has 110 valence electrons.